The Kier molecular flexibility index (Phi) is 6.45. The molecular weight excluding hydrogens is 506 g/mol. The van der Waals surface area contributed by atoms with E-state index < -0.39 is 58.0 Å². The van der Waals surface area contributed by atoms with Crippen LogP contribution < -0.4 is 15.8 Å². The van der Waals surface area contributed by atoms with Crippen LogP contribution in [0.15, 0.2) is 48.9 Å². The van der Waals surface area contributed by atoms with E-state index in [0.717, 1.165) is 18.3 Å². The third-order valence-electron chi connectivity index (χ3n) is 4.78. The van der Waals surface area contributed by atoms with Gasteiger partial charge in [0.25, 0.3) is 5.91 Å². The number of pyridine rings is 2. The summed E-state index contributed by atoms with van der Waals surface area (Å²) in [6, 6.07) is 4.42. The summed E-state index contributed by atoms with van der Waals surface area (Å²) in [5.41, 5.74) is 2.28. The van der Waals surface area contributed by atoms with Gasteiger partial charge in [0.15, 0.2) is 34.7 Å². The Morgan fingerprint density at radius 1 is 1.08 bits per heavy atom. The SMILES string of the molecule is C#Cc1c(Oc2c(F)cc(NC(=O)c3cnn(-c4ncccc4F)c3C(F)(F)F)cc2F)ccnc1N. The monoisotopic (exact) mass is 518 g/mol. The van der Waals surface area contributed by atoms with E-state index in [4.69, 9.17) is 16.9 Å². The molecule has 0 aliphatic rings. The molecule has 14 heteroatoms. The lowest BCUT2D eigenvalue weighted by Gasteiger charge is -2.14. The lowest BCUT2D eigenvalue weighted by Crippen LogP contribution is -2.21. The zero-order chi connectivity index (χ0) is 26.9. The van der Waals surface area contributed by atoms with Crippen LogP contribution in [0.25, 0.3) is 5.82 Å². The van der Waals surface area contributed by atoms with E-state index in [-0.39, 0.29) is 21.8 Å². The number of terminal acetylenes is 1. The average Bonchev–Trinajstić information content (AvgIpc) is 3.28. The number of alkyl halides is 3. The second-order valence-electron chi connectivity index (χ2n) is 7.16. The maximum atomic E-state index is 14.7. The fraction of sp³-hybridized carbons (Fsp3) is 0.0435. The number of nitrogens with zero attached hydrogens (tertiary/aromatic N) is 4. The predicted molar refractivity (Wildman–Crippen MR) is 117 cm³/mol. The van der Waals surface area contributed by atoms with Gasteiger partial charge in [0.1, 0.15) is 17.1 Å². The summed E-state index contributed by atoms with van der Waals surface area (Å²) >= 11 is 0. The Balaban J connectivity index is 1.66. The average molecular weight is 518 g/mol. The molecule has 0 spiro atoms. The number of hydrogen-bond acceptors (Lipinski definition) is 6. The number of anilines is 2. The molecule has 0 atom stereocenters. The van der Waals surface area contributed by atoms with Gasteiger partial charge in [-0.15, -0.1) is 6.42 Å². The van der Waals surface area contributed by atoms with Crippen LogP contribution in [0.3, 0.4) is 0 Å². The van der Waals surface area contributed by atoms with Crippen LogP contribution in [-0.2, 0) is 6.18 Å². The van der Waals surface area contributed by atoms with E-state index in [1.165, 1.54) is 12.3 Å². The lowest BCUT2D eigenvalue weighted by molar-refractivity contribution is -0.143. The van der Waals surface area contributed by atoms with Crippen LogP contribution in [0.1, 0.15) is 21.6 Å². The van der Waals surface area contributed by atoms with Crippen molar-refractivity contribution in [1.29, 1.82) is 0 Å². The third-order valence-corrected chi connectivity index (χ3v) is 4.78. The number of hydrogen-bond donors (Lipinski definition) is 2. The van der Waals surface area contributed by atoms with Crippen LogP contribution in [0.4, 0.5) is 37.8 Å². The molecule has 3 N–H and O–H groups in total. The van der Waals surface area contributed by atoms with E-state index in [2.05, 4.69) is 21.0 Å². The molecule has 188 valence electrons. The first-order valence-electron chi connectivity index (χ1n) is 9.96. The zero-order valence-corrected chi connectivity index (χ0v) is 18.1. The summed E-state index contributed by atoms with van der Waals surface area (Å²) in [4.78, 5) is 19.9. The van der Waals surface area contributed by atoms with Crippen molar-refractivity contribution in [3.8, 4) is 29.7 Å². The number of benzene rings is 1. The van der Waals surface area contributed by atoms with Gasteiger partial charge in [-0.25, -0.2) is 27.8 Å². The number of amides is 1. The summed E-state index contributed by atoms with van der Waals surface area (Å²) in [6.07, 6.45) is 2.87. The van der Waals surface area contributed by atoms with Gasteiger partial charge in [0.05, 0.1) is 11.8 Å². The number of nitrogens with one attached hydrogen (secondary N) is 1. The Labute approximate surface area is 203 Å². The van der Waals surface area contributed by atoms with Crippen molar-refractivity contribution in [2.45, 2.75) is 6.18 Å². The van der Waals surface area contributed by atoms with Gasteiger partial charge in [0.2, 0.25) is 0 Å². The molecule has 1 amide bonds. The Morgan fingerprint density at radius 2 is 1.78 bits per heavy atom. The molecule has 1 aromatic carbocycles. The molecule has 0 unspecified atom stereocenters. The molecule has 37 heavy (non-hydrogen) atoms. The molecule has 3 aromatic heterocycles. The maximum absolute atomic E-state index is 14.7. The fourth-order valence-corrected chi connectivity index (χ4v) is 3.21. The molecule has 0 aliphatic heterocycles. The number of aromatic nitrogens is 4. The summed E-state index contributed by atoms with van der Waals surface area (Å²) < 4.78 is 90.0. The van der Waals surface area contributed by atoms with Crippen LogP contribution >= 0.6 is 0 Å². The van der Waals surface area contributed by atoms with Gasteiger partial charge in [-0.05, 0) is 12.1 Å². The molecule has 3 heterocycles. The normalized spacial score (nSPS) is 11.2. The van der Waals surface area contributed by atoms with Crippen LogP contribution in [0, 0.1) is 29.8 Å². The van der Waals surface area contributed by atoms with E-state index in [0.29, 0.717) is 18.3 Å². The highest BCUT2D eigenvalue weighted by atomic mass is 19.4. The van der Waals surface area contributed by atoms with Gasteiger partial charge in [-0.1, -0.05) is 5.92 Å². The van der Waals surface area contributed by atoms with Gasteiger partial charge in [0, 0.05) is 36.3 Å². The van der Waals surface area contributed by atoms with Crippen molar-refractivity contribution in [1.82, 2.24) is 19.7 Å². The minimum Gasteiger partial charge on any atom is -0.450 e. The van der Waals surface area contributed by atoms with E-state index >= 15 is 0 Å². The van der Waals surface area contributed by atoms with Crippen LogP contribution in [-0.4, -0.2) is 25.7 Å². The van der Waals surface area contributed by atoms with E-state index in [9.17, 15) is 31.1 Å². The van der Waals surface area contributed by atoms with Gasteiger partial charge in [-0.2, -0.15) is 18.3 Å². The molecule has 0 fully saturated rings. The number of carbonyl (C=O) groups excluding carboxylic acids is 1. The standard InChI is InChI=1S/C23H12F6N6O2/c1-2-12-17(5-7-31-20(12)30)37-18-15(25)8-11(9-16(18)26)34-22(36)13-10-33-35(19(13)23(27,28)29)21-14(24)4-3-6-32-21/h1,3-10H,(H2,30,31)(H,34,36). The first-order chi connectivity index (χ1) is 17.5. The van der Waals surface area contributed by atoms with E-state index in [1.54, 1.807) is 0 Å². The highest BCUT2D eigenvalue weighted by Gasteiger charge is 2.41. The van der Waals surface area contributed by atoms with Crippen molar-refractivity contribution < 1.29 is 35.9 Å². The van der Waals surface area contributed by atoms with Crippen molar-refractivity contribution >= 4 is 17.4 Å². The predicted octanol–water partition coefficient (Wildman–Crippen LogP) is 4.71. The van der Waals surface area contributed by atoms with Gasteiger partial charge in [-0.3, -0.25) is 4.79 Å². The Morgan fingerprint density at radius 3 is 2.41 bits per heavy atom. The topological polar surface area (TPSA) is 108 Å². The smallest absolute Gasteiger partial charge is 0.434 e. The molecule has 0 bridgehead atoms. The fourth-order valence-electron chi connectivity index (χ4n) is 3.21. The number of carbonyl (C=O) groups is 1. The van der Waals surface area contributed by atoms with Gasteiger partial charge >= 0.3 is 6.18 Å². The molecule has 8 nitrogen and oxygen atoms in total. The van der Waals surface area contributed by atoms with Crippen LogP contribution in [0.2, 0.25) is 0 Å². The van der Waals surface area contributed by atoms with Crippen molar-refractivity contribution in [2.75, 3.05) is 11.1 Å². The first-order valence-corrected chi connectivity index (χ1v) is 9.96. The summed E-state index contributed by atoms with van der Waals surface area (Å²) in [5, 5.41) is 5.38. The van der Waals surface area contributed by atoms with Gasteiger partial charge < -0.3 is 15.8 Å². The summed E-state index contributed by atoms with van der Waals surface area (Å²) in [6.45, 7) is 0. The molecule has 0 radical (unpaired) electrons. The molecule has 0 aliphatic carbocycles. The van der Waals surface area contributed by atoms with E-state index in [1.807, 2.05) is 5.32 Å². The highest BCUT2D eigenvalue weighted by molar-refractivity contribution is 6.05. The largest absolute Gasteiger partial charge is 0.450 e. The number of ether oxygens (including phenoxy) is 1. The molecule has 4 aromatic rings. The molecule has 0 saturated carbocycles. The quantitative estimate of drug-likeness (QED) is 0.293. The zero-order valence-electron chi connectivity index (χ0n) is 18.1. The Hall–Kier alpha value is -5.06. The third kappa shape index (κ3) is 4.87. The minimum absolute atomic E-state index is 0.0697. The Bertz CT molecular complexity index is 1540. The lowest BCUT2D eigenvalue weighted by atomic mass is 10.2. The number of nitrogens with two attached hydrogens (primary N) is 1. The summed E-state index contributed by atoms with van der Waals surface area (Å²) in [5.74, 6) is -5.09. The van der Waals surface area contributed by atoms with Crippen molar-refractivity contribution in [3.05, 3.63) is 83.2 Å². The molecule has 0 saturated heterocycles. The summed E-state index contributed by atoms with van der Waals surface area (Å²) in [7, 11) is 0. The minimum atomic E-state index is -5.18. The number of rotatable bonds is 5. The second kappa shape index (κ2) is 9.53. The van der Waals surface area contributed by atoms with Crippen LogP contribution in [0.5, 0.6) is 11.5 Å². The van der Waals surface area contributed by atoms with Crippen molar-refractivity contribution in [2.24, 2.45) is 0 Å². The first kappa shape index (κ1) is 25.0. The molecular formula is C23H12F6N6O2. The second-order valence-corrected chi connectivity index (χ2v) is 7.16. The number of halogens is 6. The molecule has 4 rings (SSSR count). The highest BCUT2D eigenvalue weighted by Crippen LogP contribution is 2.35. The number of nitrogen functional groups attached to an aromatic ring is 1. The van der Waals surface area contributed by atoms with Crippen molar-refractivity contribution in [3.63, 3.8) is 0 Å². The maximum Gasteiger partial charge on any atom is 0.434 e.